The fourth-order valence-electron chi connectivity index (χ4n) is 4.06. The molecular weight excluding hydrogens is 483 g/mol. The van der Waals surface area contributed by atoms with Crippen molar-refractivity contribution in [3.63, 3.8) is 0 Å². The van der Waals surface area contributed by atoms with Crippen molar-refractivity contribution in [1.29, 1.82) is 0 Å². The molecule has 0 aliphatic carbocycles. The molecule has 10 heteroatoms. The van der Waals surface area contributed by atoms with Crippen LogP contribution in [0.15, 0.2) is 30.3 Å². The molecule has 0 bridgehead atoms. The molecular formula is C23H24Cl2N4O3S. The number of rotatable bonds is 6. The van der Waals surface area contributed by atoms with Crippen molar-refractivity contribution in [3.05, 3.63) is 57.1 Å². The molecule has 1 atom stereocenters. The number of nitrogens with zero attached hydrogens (tertiary/aromatic N) is 2. The van der Waals surface area contributed by atoms with E-state index in [0.29, 0.717) is 21.7 Å². The number of carbonyl (C=O) groups is 2. The van der Waals surface area contributed by atoms with Crippen molar-refractivity contribution in [2.24, 2.45) is 5.73 Å². The van der Waals surface area contributed by atoms with Crippen LogP contribution in [0.5, 0.6) is 5.75 Å². The summed E-state index contributed by atoms with van der Waals surface area (Å²) in [7, 11) is 4.21. The summed E-state index contributed by atoms with van der Waals surface area (Å²) in [6, 6.07) is 9.38. The number of fused-ring (bicyclic) bond motifs is 1. The van der Waals surface area contributed by atoms with Crippen molar-refractivity contribution >= 4 is 61.4 Å². The lowest BCUT2D eigenvalue weighted by Gasteiger charge is -2.20. The molecule has 174 valence electrons. The van der Waals surface area contributed by atoms with Crippen LogP contribution in [0, 0.1) is 0 Å². The highest BCUT2D eigenvalue weighted by molar-refractivity contribution is 7.24. The second kappa shape index (κ2) is 9.48. The van der Waals surface area contributed by atoms with Crippen molar-refractivity contribution < 1.29 is 14.7 Å². The summed E-state index contributed by atoms with van der Waals surface area (Å²) in [5.74, 6) is -1.39. The predicted molar refractivity (Wildman–Crippen MR) is 134 cm³/mol. The Morgan fingerprint density at radius 1 is 1.27 bits per heavy atom. The summed E-state index contributed by atoms with van der Waals surface area (Å²) >= 11 is 13.3. The van der Waals surface area contributed by atoms with E-state index in [2.05, 4.69) is 29.2 Å². The van der Waals surface area contributed by atoms with Gasteiger partial charge in [-0.05, 0) is 44.3 Å². The standard InChI is InChI=1S/C23H24Cl2N4O3S/c1-28(2)14-7-8-29(11-14)10-12-3-5-13(6-4-12)22(32)27-23-17(21(26)31)15-9-16(24)19(30)18(25)20(15)33-23/h3-6,9,14,30H,7-8,10-11H2,1-2H3,(H2,26,31)(H,27,32). The zero-order valence-electron chi connectivity index (χ0n) is 18.2. The van der Waals surface area contributed by atoms with Gasteiger partial charge in [0, 0.05) is 36.6 Å². The highest BCUT2D eigenvalue weighted by Crippen LogP contribution is 2.46. The summed E-state index contributed by atoms with van der Waals surface area (Å²) in [6.45, 7) is 2.91. The monoisotopic (exact) mass is 506 g/mol. The number of anilines is 1. The van der Waals surface area contributed by atoms with Gasteiger partial charge in [-0.1, -0.05) is 35.3 Å². The summed E-state index contributed by atoms with van der Waals surface area (Å²) in [6.07, 6.45) is 1.15. The Morgan fingerprint density at radius 3 is 2.58 bits per heavy atom. The van der Waals surface area contributed by atoms with Gasteiger partial charge >= 0.3 is 0 Å². The third kappa shape index (κ3) is 4.81. The smallest absolute Gasteiger partial charge is 0.256 e. The van der Waals surface area contributed by atoms with Gasteiger partial charge in [0.1, 0.15) is 10.0 Å². The first kappa shape index (κ1) is 23.8. The van der Waals surface area contributed by atoms with Gasteiger partial charge in [0.15, 0.2) is 5.75 Å². The van der Waals surface area contributed by atoms with Gasteiger partial charge in [0.2, 0.25) is 0 Å². The first-order valence-corrected chi connectivity index (χ1v) is 11.9. The predicted octanol–water partition coefficient (Wildman–Crippen LogP) is 4.40. The Balaban J connectivity index is 1.52. The van der Waals surface area contributed by atoms with E-state index in [1.807, 2.05) is 12.1 Å². The van der Waals surface area contributed by atoms with Gasteiger partial charge in [0.05, 0.1) is 15.3 Å². The lowest BCUT2D eigenvalue weighted by atomic mass is 10.1. The maximum atomic E-state index is 12.9. The molecule has 2 heterocycles. The lowest BCUT2D eigenvalue weighted by molar-refractivity contribution is 0.100. The maximum absolute atomic E-state index is 12.9. The van der Waals surface area contributed by atoms with Crippen molar-refractivity contribution in [3.8, 4) is 5.75 Å². The molecule has 3 aromatic rings. The van der Waals surface area contributed by atoms with Crippen LogP contribution in [0.1, 0.15) is 32.7 Å². The number of benzene rings is 2. The molecule has 1 fully saturated rings. The van der Waals surface area contributed by atoms with E-state index in [4.69, 9.17) is 28.9 Å². The van der Waals surface area contributed by atoms with Crippen LogP contribution < -0.4 is 11.1 Å². The Labute approximate surface area is 205 Å². The fraction of sp³-hybridized carbons (Fsp3) is 0.304. The van der Waals surface area contributed by atoms with E-state index < -0.39 is 5.91 Å². The number of hydrogen-bond donors (Lipinski definition) is 3. The molecule has 1 aliphatic heterocycles. The molecule has 1 unspecified atom stereocenters. The zero-order chi connectivity index (χ0) is 23.9. The van der Waals surface area contributed by atoms with Gasteiger partial charge in [-0.25, -0.2) is 0 Å². The van der Waals surface area contributed by atoms with E-state index in [0.717, 1.165) is 43.0 Å². The molecule has 0 radical (unpaired) electrons. The summed E-state index contributed by atoms with van der Waals surface area (Å²) in [5, 5.41) is 13.4. The Bertz CT molecular complexity index is 1230. The van der Waals surface area contributed by atoms with E-state index in [1.165, 1.54) is 6.07 Å². The molecule has 0 saturated carbocycles. The van der Waals surface area contributed by atoms with Gasteiger partial charge in [-0.15, -0.1) is 11.3 Å². The maximum Gasteiger partial charge on any atom is 0.256 e. The average Bonchev–Trinajstić information content (AvgIpc) is 3.37. The minimum absolute atomic E-state index is 0.00355. The normalized spacial score (nSPS) is 16.6. The molecule has 1 aromatic heterocycles. The summed E-state index contributed by atoms with van der Waals surface area (Å²) in [4.78, 5) is 29.7. The molecule has 2 aromatic carbocycles. The van der Waals surface area contributed by atoms with Crippen LogP contribution in [-0.2, 0) is 6.54 Å². The summed E-state index contributed by atoms with van der Waals surface area (Å²) in [5.41, 5.74) is 7.25. The Kier molecular flexibility index (Phi) is 6.83. The van der Waals surface area contributed by atoms with Crippen molar-refractivity contribution in [2.75, 3.05) is 32.5 Å². The molecule has 2 amide bonds. The van der Waals surface area contributed by atoms with E-state index >= 15 is 0 Å². The van der Waals surface area contributed by atoms with Gasteiger partial charge < -0.3 is 21.1 Å². The first-order chi connectivity index (χ1) is 15.7. The Morgan fingerprint density at radius 2 is 1.97 bits per heavy atom. The molecule has 33 heavy (non-hydrogen) atoms. The van der Waals surface area contributed by atoms with E-state index in [1.54, 1.807) is 12.1 Å². The van der Waals surface area contributed by atoms with E-state index in [-0.39, 0.29) is 32.3 Å². The van der Waals surface area contributed by atoms with Crippen LogP contribution in [0.2, 0.25) is 10.0 Å². The Hall–Kier alpha value is -2.36. The molecule has 7 nitrogen and oxygen atoms in total. The number of hydrogen-bond acceptors (Lipinski definition) is 6. The number of primary amides is 1. The third-order valence-electron chi connectivity index (χ3n) is 5.92. The van der Waals surface area contributed by atoms with Crippen molar-refractivity contribution in [2.45, 2.75) is 19.0 Å². The first-order valence-electron chi connectivity index (χ1n) is 10.4. The van der Waals surface area contributed by atoms with Gasteiger partial charge in [0.25, 0.3) is 11.8 Å². The number of halogens is 2. The quantitative estimate of drug-likeness (QED) is 0.460. The highest BCUT2D eigenvalue weighted by atomic mass is 35.5. The number of phenolic OH excluding ortho intramolecular Hbond substituents is 1. The molecule has 4 N–H and O–H groups in total. The van der Waals surface area contributed by atoms with Gasteiger partial charge in [-0.2, -0.15) is 0 Å². The van der Waals surface area contributed by atoms with Crippen LogP contribution in [0.4, 0.5) is 5.00 Å². The number of carbonyl (C=O) groups excluding carboxylic acids is 2. The number of nitrogens with two attached hydrogens (primary N) is 1. The lowest BCUT2D eigenvalue weighted by Crippen LogP contribution is -2.31. The summed E-state index contributed by atoms with van der Waals surface area (Å²) < 4.78 is 0.416. The molecule has 0 spiro atoms. The second-order valence-electron chi connectivity index (χ2n) is 8.36. The largest absolute Gasteiger partial charge is 0.505 e. The number of aromatic hydroxyl groups is 1. The van der Waals surface area contributed by atoms with E-state index in [9.17, 15) is 14.7 Å². The second-order valence-corrected chi connectivity index (χ2v) is 10.2. The highest BCUT2D eigenvalue weighted by Gasteiger charge is 2.25. The molecule has 1 saturated heterocycles. The number of nitrogens with one attached hydrogen (secondary N) is 1. The molecule has 1 aliphatic rings. The van der Waals surface area contributed by atoms with Crippen LogP contribution in [0.3, 0.4) is 0 Å². The average molecular weight is 507 g/mol. The SMILES string of the molecule is CN(C)C1CCN(Cc2ccc(C(=O)Nc3sc4c(Cl)c(O)c(Cl)cc4c3C(N)=O)cc2)C1. The number of likely N-dealkylation sites (N-methyl/N-ethyl adjacent to an activating group) is 1. The van der Waals surface area contributed by atoms with Gasteiger partial charge in [-0.3, -0.25) is 14.5 Å². The third-order valence-corrected chi connectivity index (χ3v) is 7.83. The minimum atomic E-state index is -0.730. The molecule has 4 rings (SSSR count). The number of phenols is 1. The number of thiophene rings is 1. The number of likely N-dealkylation sites (tertiary alicyclic amines) is 1. The van der Waals surface area contributed by atoms with Crippen molar-refractivity contribution in [1.82, 2.24) is 9.80 Å². The van der Waals surface area contributed by atoms with Crippen LogP contribution in [0.25, 0.3) is 10.1 Å². The van der Waals surface area contributed by atoms with Crippen LogP contribution >= 0.6 is 34.5 Å². The number of amides is 2. The van der Waals surface area contributed by atoms with Crippen LogP contribution in [-0.4, -0.2) is 59.9 Å². The minimum Gasteiger partial charge on any atom is -0.505 e. The zero-order valence-corrected chi connectivity index (χ0v) is 20.5. The topological polar surface area (TPSA) is 98.9 Å². The fourth-order valence-corrected chi connectivity index (χ4v) is 5.75.